The maximum atomic E-state index is 12.7. The summed E-state index contributed by atoms with van der Waals surface area (Å²) in [5, 5.41) is 10.7. The lowest BCUT2D eigenvalue weighted by Crippen LogP contribution is -2.05. The first kappa shape index (κ1) is 14.5. The number of benzene rings is 1. The Morgan fingerprint density at radius 3 is 2.29 bits per heavy atom. The van der Waals surface area contributed by atoms with E-state index in [-0.39, 0.29) is 3.57 Å². The van der Waals surface area contributed by atoms with Gasteiger partial charge < -0.3 is 0 Å². The fraction of sp³-hybridized carbons (Fsp3) is 0.143. The predicted octanol–water partition coefficient (Wildman–Crippen LogP) is 3.06. The van der Waals surface area contributed by atoms with E-state index in [2.05, 4.69) is 0 Å². The van der Waals surface area contributed by atoms with E-state index in [9.17, 15) is 27.3 Å². The minimum atomic E-state index is -4.47. The van der Waals surface area contributed by atoms with Crippen LogP contribution in [0.4, 0.5) is 14.5 Å². The molecule has 1 aromatic carbocycles. The summed E-state index contributed by atoms with van der Waals surface area (Å²) in [5.74, 6) is 0. The van der Waals surface area contributed by atoms with Gasteiger partial charge in [0.05, 0.1) is 13.4 Å². The highest BCUT2D eigenvalue weighted by atomic mass is 127. The SMILES string of the molecule is O=[N+]([O-])c1c(I)ccc(S(=O)(=O)Cl)c1C(F)F. The van der Waals surface area contributed by atoms with Crippen LogP contribution in [0.5, 0.6) is 0 Å². The number of nitrogens with zero attached hydrogens (tertiary/aromatic N) is 1. The number of rotatable bonds is 3. The molecule has 0 unspecified atom stereocenters. The van der Waals surface area contributed by atoms with Crippen LogP contribution in [-0.2, 0) is 9.05 Å². The number of alkyl halides is 2. The average Bonchev–Trinajstić information content (AvgIpc) is 2.14. The van der Waals surface area contributed by atoms with Crippen molar-refractivity contribution in [3.63, 3.8) is 0 Å². The molecule has 0 aliphatic carbocycles. The second-order valence-corrected chi connectivity index (χ2v) is 6.50. The molecule has 0 heterocycles. The first-order valence-electron chi connectivity index (χ1n) is 3.86. The zero-order valence-electron chi connectivity index (χ0n) is 7.73. The van der Waals surface area contributed by atoms with Gasteiger partial charge in [0, 0.05) is 10.7 Å². The Kier molecular flexibility index (Phi) is 4.25. The molecule has 0 aromatic heterocycles. The lowest BCUT2D eigenvalue weighted by molar-refractivity contribution is -0.387. The van der Waals surface area contributed by atoms with Gasteiger partial charge in [-0.15, -0.1) is 0 Å². The third kappa shape index (κ3) is 3.01. The largest absolute Gasteiger partial charge is 0.292 e. The Morgan fingerprint density at radius 2 is 1.94 bits per heavy atom. The highest BCUT2D eigenvalue weighted by Gasteiger charge is 2.32. The smallest absolute Gasteiger partial charge is 0.258 e. The van der Waals surface area contributed by atoms with E-state index in [0.29, 0.717) is 0 Å². The highest BCUT2D eigenvalue weighted by Crippen LogP contribution is 2.38. The Morgan fingerprint density at radius 1 is 1.41 bits per heavy atom. The van der Waals surface area contributed by atoms with E-state index in [1.165, 1.54) is 22.6 Å². The number of hydrogen-bond donors (Lipinski definition) is 0. The molecule has 0 N–H and O–H groups in total. The van der Waals surface area contributed by atoms with E-state index in [4.69, 9.17) is 10.7 Å². The lowest BCUT2D eigenvalue weighted by atomic mass is 10.2. The summed E-state index contributed by atoms with van der Waals surface area (Å²) in [6, 6.07) is 1.86. The van der Waals surface area contributed by atoms with Crippen molar-refractivity contribution in [1.82, 2.24) is 0 Å². The maximum absolute atomic E-state index is 12.7. The van der Waals surface area contributed by atoms with Gasteiger partial charge in [-0.2, -0.15) is 0 Å². The van der Waals surface area contributed by atoms with Gasteiger partial charge in [0.1, 0.15) is 5.56 Å². The summed E-state index contributed by atoms with van der Waals surface area (Å²) in [5.41, 5.74) is -2.13. The van der Waals surface area contributed by atoms with Gasteiger partial charge in [-0.25, -0.2) is 17.2 Å². The molecule has 0 radical (unpaired) electrons. The second kappa shape index (κ2) is 4.98. The van der Waals surface area contributed by atoms with Crippen LogP contribution in [0, 0.1) is 13.7 Å². The molecule has 0 spiro atoms. The van der Waals surface area contributed by atoms with Crippen molar-refractivity contribution in [2.75, 3.05) is 0 Å². The number of nitro benzene ring substituents is 1. The summed E-state index contributed by atoms with van der Waals surface area (Å²) >= 11 is 1.47. The van der Waals surface area contributed by atoms with Gasteiger partial charge in [-0.05, 0) is 34.7 Å². The van der Waals surface area contributed by atoms with Crippen LogP contribution in [0.1, 0.15) is 12.0 Å². The number of nitro groups is 1. The van der Waals surface area contributed by atoms with Gasteiger partial charge in [0.15, 0.2) is 0 Å². The molecule has 0 atom stereocenters. The normalized spacial score (nSPS) is 11.8. The summed E-state index contributed by atoms with van der Waals surface area (Å²) < 4.78 is 47.5. The first-order valence-corrected chi connectivity index (χ1v) is 7.24. The van der Waals surface area contributed by atoms with Crippen molar-refractivity contribution in [2.45, 2.75) is 11.3 Å². The molecule has 94 valence electrons. The van der Waals surface area contributed by atoms with E-state index < -0.39 is 36.5 Å². The molecular weight excluding hydrogens is 394 g/mol. The van der Waals surface area contributed by atoms with E-state index in [1.54, 1.807) is 0 Å². The van der Waals surface area contributed by atoms with Crippen LogP contribution in [0.3, 0.4) is 0 Å². The lowest BCUT2D eigenvalue weighted by Gasteiger charge is -2.07. The quantitative estimate of drug-likeness (QED) is 0.340. The summed E-state index contributed by atoms with van der Waals surface area (Å²) in [6.07, 6.45) is -3.31. The maximum Gasteiger partial charge on any atom is 0.292 e. The van der Waals surface area contributed by atoms with Crippen LogP contribution >= 0.6 is 33.3 Å². The molecule has 0 bridgehead atoms. The van der Waals surface area contributed by atoms with Gasteiger partial charge in [-0.3, -0.25) is 10.1 Å². The van der Waals surface area contributed by atoms with Gasteiger partial charge in [0.2, 0.25) is 0 Å². The zero-order valence-corrected chi connectivity index (χ0v) is 11.5. The molecule has 1 aromatic rings. The molecular formula is C7H3ClF2INO4S. The van der Waals surface area contributed by atoms with Gasteiger partial charge in [0.25, 0.3) is 21.2 Å². The van der Waals surface area contributed by atoms with Crippen LogP contribution in [0.2, 0.25) is 0 Å². The molecule has 0 fully saturated rings. The third-order valence-corrected chi connectivity index (χ3v) is 4.04. The van der Waals surface area contributed by atoms with Crippen LogP contribution < -0.4 is 0 Å². The Labute approximate surface area is 112 Å². The highest BCUT2D eigenvalue weighted by molar-refractivity contribution is 14.1. The molecule has 0 aliphatic heterocycles. The Hall–Kier alpha value is -0.550. The molecule has 1 rings (SSSR count). The average molecular weight is 398 g/mol. The van der Waals surface area contributed by atoms with E-state index in [1.807, 2.05) is 0 Å². The molecule has 0 saturated carbocycles. The van der Waals surface area contributed by atoms with Crippen molar-refractivity contribution in [3.8, 4) is 0 Å². The summed E-state index contributed by atoms with van der Waals surface area (Å²) in [4.78, 5) is 8.65. The molecule has 0 saturated heterocycles. The topological polar surface area (TPSA) is 77.3 Å². The van der Waals surface area contributed by atoms with Crippen LogP contribution in [0.15, 0.2) is 17.0 Å². The van der Waals surface area contributed by atoms with E-state index in [0.717, 1.165) is 12.1 Å². The minimum absolute atomic E-state index is 0.0908. The van der Waals surface area contributed by atoms with Gasteiger partial charge in [-0.1, -0.05) is 0 Å². The Balaban J connectivity index is 3.78. The molecule has 0 aliphatic rings. The first-order chi connectivity index (χ1) is 7.66. The van der Waals surface area contributed by atoms with Crippen molar-refractivity contribution in [2.24, 2.45) is 0 Å². The molecule has 10 heteroatoms. The van der Waals surface area contributed by atoms with Crippen molar-refractivity contribution in [1.29, 1.82) is 0 Å². The zero-order chi connectivity index (χ0) is 13.4. The van der Waals surface area contributed by atoms with Crippen molar-refractivity contribution in [3.05, 3.63) is 31.4 Å². The standard InChI is InChI=1S/C7H3ClF2INO4S/c8-17(15,16)4-2-1-3(11)6(12(13)14)5(4)7(9)10/h1-2,7H. The number of hydrogen-bond acceptors (Lipinski definition) is 4. The molecule has 0 amide bonds. The second-order valence-electron chi connectivity index (χ2n) is 2.80. The predicted molar refractivity (Wildman–Crippen MR) is 63.8 cm³/mol. The fourth-order valence-electron chi connectivity index (χ4n) is 1.17. The van der Waals surface area contributed by atoms with Crippen molar-refractivity contribution < 1.29 is 22.1 Å². The third-order valence-electron chi connectivity index (χ3n) is 1.79. The molecule has 5 nitrogen and oxygen atoms in total. The van der Waals surface area contributed by atoms with Crippen molar-refractivity contribution >= 4 is 48.0 Å². The van der Waals surface area contributed by atoms with Crippen LogP contribution in [0.25, 0.3) is 0 Å². The van der Waals surface area contributed by atoms with E-state index >= 15 is 0 Å². The minimum Gasteiger partial charge on any atom is -0.258 e. The van der Waals surface area contributed by atoms with Crippen LogP contribution in [-0.4, -0.2) is 13.3 Å². The number of halogens is 4. The summed E-state index contributed by atoms with van der Waals surface area (Å²) in [7, 11) is 0.484. The summed E-state index contributed by atoms with van der Waals surface area (Å²) in [6.45, 7) is 0. The van der Waals surface area contributed by atoms with Gasteiger partial charge >= 0.3 is 0 Å². The molecule has 17 heavy (non-hydrogen) atoms. The Bertz CT molecular complexity index is 577. The monoisotopic (exact) mass is 397 g/mol. The fourth-order valence-corrected chi connectivity index (χ4v) is 2.92.